The van der Waals surface area contributed by atoms with E-state index in [1.54, 1.807) is 4.90 Å². The van der Waals surface area contributed by atoms with E-state index in [0.717, 1.165) is 50.4 Å². The number of benzene rings is 1. The van der Waals surface area contributed by atoms with Gasteiger partial charge in [0, 0.05) is 38.4 Å². The van der Waals surface area contributed by atoms with Gasteiger partial charge in [0.1, 0.15) is 5.82 Å². The molecule has 32 heavy (non-hydrogen) atoms. The van der Waals surface area contributed by atoms with Gasteiger partial charge in [-0.2, -0.15) is 0 Å². The molecule has 1 aromatic carbocycles. The number of carbonyl (C=O) groups excluding carboxylic acids is 1. The van der Waals surface area contributed by atoms with Crippen LogP contribution >= 0.6 is 0 Å². The molecule has 0 saturated carbocycles. The Morgan fingerprint density at radius 2 is 2.00 bits per heavy atom. The van der Waals surface area contributed by atoms with Gasteiger partial charge in [-0.05, 0) is 42.9 Å². The summed E-state index contributed by atoms with van der Waals surface area (Å²) >= 11 is 0. The standard InChI is InChI=1S/C26H36N4O2/c1-4-6-24(31)30-14-12-23-22(17-30)26(32)28-25(27-23)21-7-5-13-29(16-21)15-19-8-10-20(11-9-19)18(2)3/h8-11,18,21H,4-7,12-17H2,1-3H3,(H,27,28,32). The van der Waals surface area contributed by atoms with Crippen molar-refractivity contribution in [1.29, 1.82) is 0 Å². The number of carbonyl (C=O) groups is 1. The van der Waals surface area contributed by atoms with Crippen LogP contribution in [0, 0.1) is 0 Å². The summed E-state index contributed by atoms with van der Waals surface area (Å²) < 4.78 is 0. The summed E-state index contributed by atoms with van der Waals surface area (Å²) in [4.78, 5) is 37.4. The fraction of sp³-hybridized carbons (Fsp3) is 0.577. The van der Waals surface area contributed by atoms with Crippen LogP contribution in [0.1, 0.15) is 86.5 Å². The van der Waals surface area contributed by atoms with E-state index in [-0.39, 0.29) is 17.4 Å². The Labute approximate surface area is 191 Å². The summed E-state index contributed by atoms with van der Waals surface area (Å²) in [6, 6.07) is 8.95. The van der Waals surface area contributed by atoms with Crippen molar-refractivity contribution in [2.24, 2.45) is 0 Å². The van der Waals surface area contributed by atoms with E-state index in [1.165, 1.54) is 11.1 Å². The number of nitrogens with zero attached hydrogens (tertiary/aromatic N) is 3. The second-order valence-corrected chi connectivity index (χ2v) is 9.66. The van der Waals surface area contributed by atoms with Crippen LogP contribution in [-0.2, 0) is 24.3 Å². The van der Waals surface area contributed by atoms with Gasteiger partial charge in [-0.15, -0.1) is 0 Å². The van der Waals surface area contributed by atoms with Crippen LogP contribution in [0.25, 0.3) is 0 Å². The SMILES string of the molecule is CCCC(=O)N1CCc2nc(C3CCCN(Cc4ccc(C(C)C)cc4)C3)[nH]c(=O)c2C1. The number of H-pyrrole nitrogens is 1. The van der Waals surface area contributed by atoms with Crippen molar-refractivity contribution in [1.82, 2.24) is 19.8 Å². The Bertz CT molecular complexity index is 996. The molecule has 0 bridgehead atoms. The number of nitrogens with one attached hydrogen (secondary N) is 1. The number of hydrogen-bond donors (Lipinski definition) is 1. The van der Waals surface area contributed by atoms with Gasteiger partial charge in [0.05, 0.1) is 17.8 Å². The number of amides is 1. The van der Waals surface area contributed by atoms with Crippen molar-refractivity contribution in [2.75, 3.05) is 19.6 Å². The highest BCUT2D eigenvalue weighted by Gasteiger charge is 2.28. The van der Waals surface area contributed by atoms with Crippen LogP contribution in [0.2, 0.25) is 0 Å². The fourth-order valence-corrected chi connectivity index (χ4v) is 4.91. The molecule has 0 spiro atoms. The van der Waals surface area contributed by atoms with Gasteiger partial charge in [-0.3, -0.25) is 14.5 Å². The third kappa shape index (κ3) is 5.12. The summed E-state index contributed by atoms with van der Waals surface area (Å²) in [5, 5.41) is 0. The van der Waals surface area contributed by atoms with Crippen LogP contribution in [-0.4, -0.2) is 45.3 Å². The van der Waals surface area contributed by atoms with Crippen molar-refractivity contribution < 1.29 is 4.79 Å². The topological polar surface area (TPSA) is 69.3 Å². The molecule has 2 aliphatic rings. The normalized spacial score (nSPS) is 19.2. The molecule has 1 aromatic heterocycles. The van der Waals surface area contributed by atoms with Crippen molar-refractivity contribution in [3.8, 4) is 0 Å². The lowest BCUT2D eigenvalue weighted by Gasteiger charge is -2.33. The predicted octanol–water partition coefficient (Wildman–Crippen LogP) is 3.96. The van der Waals surface area contributed by atoms with E-state index in [2.05, 4.69) is 48.0 Å². The maximum atomic E-state index is 12.9. The molecular formula is C26H36N4O2. The second-order valence-electron chi connectivity index (χ2n) is 9.66. The van der Waals surface area contributed by atoms with Gasteiger partial charge in [0.25, 0.3) is 5.56 Å². The number of fused-ring (bicyclic) bond motifs is 1. The van der Waals surface area contributed by atoms with Crippen molar-refractivity contribution in [3.05, 3.63) is 62.8 Å². The minimum absolute atomic E-state index is 0.0691. The summed E-state index contributed by atoms with van der Waals surface area (Å²) in [6.45, 7) is 10.4. The predicted molar refractivity (Wildman–Crippen MR) is 127 cm³/mol. The molecule has 1 N–H and O–H groups in total. The number of piperidine rings is 1. The number of aromatic nitrogens is 2. The Kier molecular flexibility index (Phi) is 7.09. The molecule has 1 atom stereocenters. The van der Waals surface area contributed by atoms with E-state index < -0.39 is 0 Å². The van der Waals surface area contributed by atoms with Gasteiger partial charge < -0.3 is 9.88 Å². The molecule has 1 unspecified atom stereocenters. The molecule has 3 heterocycles. The zero-order valence-corrected chi connectivity index (χ0v) is 19.7. The third-order valence-corrected chi connectivity index (χ3v) is 6.85. The molecule has 1 amide bonds. The quantitative estimate of drug-likeness (QED) is 0.744. The Hall–Kier alpha value is -2.47. The molecule has 1 saturated heterocycles. The first-order chi connectivity index (χ1) is 15.4. The first kappa shape index (κ1) is 22.7. The molecule has 0 aliphatic carbocycles. The van der Waals surface area contributed by atoms with Crippen LogP contribution in [0.15, 0.2) is 29.1 Å². The lowest BCUT2D eigenvalue weighted by molar-refractivity contribution is -0.132. The number of rotatable bonds is 6. The number of aromatic amines is 1. The average Bonchev–Trinajstić information content (AvgIpc) is 2.79. The van der Waals surface area contributed by atoms with Crippen molar-refractivity contribution in [2.45, 2.75) is 77.8 Å². The highest BCUT2D eigenvalue weighted by atomic mass is 16.2. The van der Waals surface area contributed by atoms with E-state index in [1.807, 2.05) is 6.92 Å². The van der Waals surface area contributed by atoms with Gasteiger partial charge in [0.2, 0.25) is 5.91 Å². The summed E-state index contributed by atoms with van der Waals surface area (Å²) in [5.41, 5.74) is 4.18. The third-order valence-electron chi connectivity index (χ3n) is 6.85. The van der Waals surface area contributed by atoms with Crippen LogP contribution in [0.5, 0.6) is 0 Å². The fourth-order valence-electron chi connectivity index (χ4n) is 4.91. The molecule has 6 heteroatoms. The Morgan fingerprint density at radius 1 is 1.22 bits per heavy atom. The minimum Gasteiger partial charge on any atom is -0.338 e. The molecule has 6 nitrogen and oxygen atoms in total. The largest absolute Gasteiger partial charge is 0.338 e. The summed E-state index contributed by atoms with van der Waals surface area (Å²) in [6.07, 6.45) is 4.19. The van der Waals surface area contributed by atoms with Gasteiger partial charge in [-0.1, -0.05) is 45.0 Å². The molecule has 4 rings (SSSR count). The molecule has 2 aromatic rings. The maximum absolute atomic E-state index is 12.9. The molecule has 1 fully saturated rings. The molecular weight excluding hydrogens is 400 g/mol. The molecule has 2 aliphatic heterocycles. The van der Waals surface area contributed by atoms with Crippen molar-refractivity contribution in [3.63, 3.8) is 0 Å². The summed E-state index contributed by atoms with van der Waals surface area (Å²) in [7, 11) is 0. The van der Waals surface area contributed by atoms with E-state index in [9.17, 15) is 9.59 Å². The van der Waals surface area contributed by atoms with Crippen LogP contribution in [0.4, 0.5) is 0 Å². The number of hydrogen-bond acceptors (Lipinski definition) is 4. The number of likely N-dealkylation sites (tertiary alicyclic amines) is 1. The Balaban J connectivity index is 1.44. The average molecular weight is 437 g/mol. The summed E-state index contributed by atoms with van der Waals surface area (Å²) in [5.74, 6) is 1.75. The van der Waals surface area contributed by atoms with Gasteiger partial charge in [0.15, 0.2) is 0 Å². The zero-order chi connectivity index (χ0) is 22.7. The lowest BCUT2D eigenvalue weighted by atomic mass is 9.95. The van der Waals surface area contributed by atoms with Crippen LogP contribution in [0.3, 0.4) is 0 Å². The van der Waals surface area contributed by atoms with Gasteiger partial charge in [-0.25, -0.2) is 4.98 Å². The van der Waals surface area contributed by atoms with E-state index >= 15 is 0 Å². The minimum atomic E-state index is -0.0691. The highest BCUT2D eigenvalue weighted by molar-refractivity contribution is 5.76. The van der Waals surface area contributed by atoms with E-state index in [0.29, 0.717) is 37.4 Å². The monoisotopic (exact) mass is 436 g/mol. The lowest BCUT2D eigenvalue weighted by Crippen LogP contribution is -2.40. The maximum Gasteiger partial charge on any atom is 0.256 e. The molecule has 172 valence electrons. The smallest absolute Gasteiger partial charge is 0.256 e. The van der Waals surface area contributed by atoms with Crippen molar-refractivity contribution >= 4 is 5.91 Å². The highest BCUT2D eigenvalue weighted by Crippen LogP contribution is 2.27. The van der Waals surface area contributed by atoms with Gasteiger partial charge >= 0.3 is 0 Å². The van der Waals surface area contributed by atoms with Crippen LogP contribution < -0.4 is 5.56 Å². The van der Waals surface area contributed by atoms with E-state index in [4.69, 9.17) is 4.98 Å². The zero-order valence-electron chi connectivity index (χ0n) is 19.7. The first-order valence-corrected chi connectivity index (χ1v) is 12.2. The molecule has 0 radical (unpaired) electrons. The first-order valence-electron chi connectivity index (χ1n) is 12.2. The second kappa shape index (κ2) is 9.99. The Morgan fingerprint density at radius 3 is 2.72 bits per heavy atom.